The predicted molar refractivity (Wildman–Crippen MR) is 76.4 cm³/mol. The number of methoxy groups -OCH3 is 1. The molecule has 1 N–H and O–H groups in total. The number of aromatic nitrogens is 1. The van der Waals surface area contributed by atoms with Gasteiger partial charge in [-0.1, -0.05) is 18.5 Å². The first-order valence-electron chi connectivity index (χ1n) is 6.17. The minimum absolute atomic E-state index is 0.274. The van der Waals surface area contributed by atoms with Crippen molar-refractivity contribution >= 4 is 17.4 Å². The van der Waals surface area contributed by atoms with Crippen molar-refractivity contribution in [2.75, 3.05) is 32.2 Å². The normalized spacial score (nSPS) is 12.5. The van der Waals surface area contributed by atoms with Crippen LogP contribution in [-0.4, -0.2) is 38.3 Å². The third-order valence-corrected chi connectivity index (χ3v) is 3.26. The van der Waals surface area contributed by atoms with Gasteiger partial charge in [0, 0.05) is 26.9 Å². The summed E-state index contributed by atoms with van der Waals surface area (Å²) in [7, 11) is 3.72. The molecule has 0 bridgehead atoms. The van der Waals surface area contributed by atoms with E-state index < -0.39 is 0 Å². The maximum Gasteiger partial charge on any atom is 0.128 e. The molecule has 1 rings (SSSR count). The monoisotopic (exact) mass is 271 g/mol. The molecule has 0 saturated heterocycles. The Morgan fingerprint density at radius 3 is 2.89 bits per heavy atom. The Hall–Kier alpha value is -0.840. The highest BCUT2D eigenvalue weighted by Gasteiger charge is 2.12. The molecule has 0 aromatic carbocycles. The van der Waals surface area contributed by atoms with E-state index in [4.69, 9.17) is 16.3 Å². The van der Waals surface area contributed by atoms with Gasteiger partial charge in [-0.15, -0.1) is 0 Å². The average Bonchev–Trinajstić information content (AvgIpc) is 2.37. The molecule has 0 aliphatic rings. The summed E-state index contributed by atoms with van der Waals surface area (Å²) >= 11 is 6.13. The first-order valence-corrected chi connectivity index (χ1v) is 6.54. The number of rotatable bonds is 7. The summed E-state index contributed by atoms with van der Waals surface area (Å²) in [4.78, 5) is 6.45. The van der Waals surface area contributed by atoms with Crippen LogP contribution in [0.15, 0.2) is 12.3 Å². The van der Waals surface area contributed by atoms with Crippen LogP contribution in [0, 0.1) is 0 Å². The lowest BCUT2D eigenvalue weighted by Crippen LogP contribution is -2.33. The number of pyridine rings is 1. The fraction of sp³-hybridized carbons (Fsp3) is 0.615. The van der Waals surface area contributed by atoms with Crippen LogP contribution < -0.4 is 10.2 Å². The summed E-state index contributed by atoms with van der Waals surface area (Å²) in [5, 5.41) is 3.97. The molecule has 0 saturated carbocycles. The second kappa shape index (κ2) is 7.56. The number of ether oxygens (including phenoxy) is 1. The minimum Gasteiger partial charge on any atom is -0.383 e. The fourth-order valence-electron chi connectivity index (χ4n) is 1.63. The Bertz CT molecular complexity index is 373. The Morgan fingerprint density at radius 2 is 2.28 bits per heavy atom. The van der Waals surface area contributed by atoms with Crippen LogP contribution in [0.25, 0.3) is 0 Å². The number of halogens is 1. The zero-order chi connectivity index (χ0) is 13.5. The summed E-state index contributed by atoms with van der Waals surface area (Å²) in [6.45, 7) is 6.52. The largest absolute Gasteiger partial charge is 0.383 e. The summed E-state index contributed by atoms with van der Waals surface area (Å²) in [5.74, 6) is 0.914. The summed E-state index contributed by atoms with van der Waals surface area (Å²) in [6, 6.07) is 2.30. The zero-order valence-electron chi connectivity index (χ0n) is 11.5. The summed E-state index contributed by atoms with van der Waals surface area (Å²) < 4.78 is 5.16. The van der Waals surface area contributed by atoms with E-state index in [1.54, 1.807) is 13.3 Å². The van der Waals surface area contributed by atoms with E-state index in [2.05, 4.69) is 29.0 Å². The Kier molecular flexibility index (Phi) is 6.39. The molecule has 1 aromatic rings. The van der Waals surface area contributed by atoms with Gasteiger partial charge in [0.25, 0.3) is 0 Å². The highest BCUT2D eigenvalue weighted by Crippen LogP contribution is 2.21. The molecule has 0 fully saturated rings. The molecule has 5 heteroatoms. The lowest BCUT2D eigenvalue weighted by atomic mass is 10.2. The molecule has 0 aliphatic carbocycles. The van der Waals surface area contributed by atoms with Crippen LogP contribution in [0.1, 0.15) is 19.4 Å². The molecule has 0 amide bonds. The SMILES string of the molecule is CCNCc1cc(N(C)C(C)COC)ncc1Cl. The van der Waals surface area contributed by atoms with Crippen LogP contribution in [0.2, 0.25) is 5.02 Å². The van der Waals surface area contributed by atoms with Gasteiger partial charge in [-0.05, 0) is 25.1 Å². The van der Waals surface area contributed by atoms with Crippen LogP contribution in [0.3, 0.4) is 0 Å². The summed E-state index contributed by atoms with van der Waals surface area (Å²) in [6.07, 6.45) is 1.71. The van der Waals surface area contributed by atoms with Gasteiger partial charge in [0.2, 0.25) is 0 Å². The molecule has 1 unspecified atom stereocenters. The fourth-order valence-corrected chi connectivity index (χ4v) is 1.80. The van der Waals surface area contributed by atoms with Crippen molar-refractivity contribution in [1.29, 1.82) is 0 Å². The third kappa shape index (κ3) is 4.12. The average molecular weight is 272 g/mol. The lowest BCUT2D eigenvalue weighted by molar-refractivity contribution is 0.183. The van der Waals surface area contributed by atoms with Crippen molar-refractivity contribution in [2.24, 2.45) is 0 Å². The predicted octanol–water partition coefficient (Wildman–Crippen LogP) is 2.32. The van der Waals surface area contributed by atoms with Gasteiger partial charge in [-0.3, -0.25) is 0 Å². The number of anilines is 1. The molecule has 1 aromatic heterocycles. The van der Waals surface area contributed by atoms with E-state index in [0.29, 0.717) is 11.6 Å². The van der Waals surface area contributed by atoms with Gasteiger partial charge in [0.05, 0.1) is 17.7 Å². The van der Waals surface area contributed by atoms with E-state index in [-0.39, 0.29) is 6.04 Å². The van der Waals surface area contributed by atoms with Crippen LogP contribution >= 0.6 is 11.6 Å². The molecule has 0 radical (unpaired) electrons. The number of nitrogens with zero attached hydrogens (tertiary/aromatic N) is 2. The molecule has 102 valence electrons. The number of hydrogen-bond donors (Lipinski definition) is 1. The molecule has 4 nitrogen and oxygen atoms in total. The van der Waals surface area contributed by atoms with Crippen molar-refractivity contribution in [3.63, 3.8) is 0 Å². The van der Waals surface area contributed by atoms with E-state index in [1.807, 2.05) is 13.1 Å². The minimum atomic E-state index is 0.274. The van der Waals surface area contributed by atoms with Crippen molar-refractivity contribution < 1.29 is 4.74 Å². The summed E-state index contributed by atoms with van der Waals surface area (Å²) in [5.41, 5.74) is 1.07. The van der Waals surface area contributed by atoms with Gasteiger partial charge in [-0.25, -0.2) is 4.98 Å². The number of nitrogens with one attached hydrogen (secondary N) is 1. The van der Waals surface area contributed by atoms with E-state index in [9.17, 15) is 0 Å². The van der Waals surface area contributed by atoms with E-state index in [0.717, 1.165) is 24.5 Å². The second-order valence-corrected chi connectivity index (χ2v) is 4.74. The van der Waals surface area contributed by atoms with Crippen LogP contribution in [-0.2, 0) is 11.3 Å². The lowest BCUT2D eigenvalue weighted by Gasteiger charge is -2.25. The zero-order valence-corrected chi connectivity index (χ0v) is 12.3. The molecule has 0 aliphatic heterocycles. The van der Waals surface area contributed by atoms with Crippen LogP contribution in [0.4, 0.5) is 5.82 Å². The number of hydrogen-bond acceptors (Lipinski definition) is 4. The smallest absolute Gasteiger partial charge is 0.128 e. The number of likely N-dealkylation sites (N-methyl/N-ethyl adjacent to an activating group) is 1. The Morgan fingerprint density at radius 1 is 1.56 bits per heavy atom. The van der Waals surface area contributed by atoms with Crippen LogP contribution in [0.5, 0.6) is 0 Å². The van der Waals surface area contributed by atoms with Gasteiger partial charge in [-0.2, -0.15) is 0 Å². The van der Waals surface area contributed by atoms with Crippen molar-refractivity contribution in [2.45, 2.75) is 26.4 Å². The standard InChI is InChI=1S/C13H22ClN3O/c1-5-15-7-11-6-13(16-8-12(11)14)17(3)10(2)9-18-4/h6,8,10,15H,5,7,9H2,1-4H3. The maximum absolute atomic E-state index is 6.13. The third-order valence-electron chi connectivity index (χ3n) is 2.92. The van der Waals surface area contributed by atoms with Crippen molar-refractivity contribution in [3.05, 3.63) is 22.8 Å². The van der Waals surface area contributed by atoms with Gasteiger partial charge in [0.1, 0.15) is 5.82 Å². The molecule has 18 heavy (non-hydrogen) atoms. The van der Waals surface area contributed by atoms with E-state index >= 15 is 0 Å². The van der Waals surface area contributed by atoms with E-state index in [1.165, 1.54) is 0 Å². The molecular formula is C13H22ClN3O. The van der Waals surface area contributed by atoms with Gasteiger partial charge < -0.3 is 15.0 Å². The highest BCUT2D eigenvalue weighted by atomic mass is 35.5. The first kappa shape index (κ1) is 15.2. The van der Waals surface area contributed by atoms with Crippen molar-refractivity contribution in [1.82, 2.24) is 10.3 Å². The highest BCUT2D eigenvalue weighted by molar-refractivity contribution is 6.31. The molecule has 1 atom stereocenters. The van der Waals surface area contributed by atoms with Crippen molar-refractivity contribution in [3.8, 4) is 0 Å². The maximum atomic E-state index is 6.13. The molecular weight excluding hydrogens is 250 g/mol. The Labute approximate surface area is 114 Å². The topological polar surface area (TPSA) is 37.4 Å². The van der Waals surface area contributed by atoms with Gasteiger partial charge in [0.15, 0.2) is 0 Å². The van der Waals surface area contributed by atoms with Gasteiger partial charge >= 0.3 is 0 Å². The molecule has 0 spiro atoms. The second-order valence-electron chi connectivity index (χ2n) is 4.33. The molecule has 1 heterocycles. The Balaban J connectivity index is 2.82. The quantitative estimate of drug-likeness (QED) is 0.826. The first-order chi connectivity index (χ1) is 8.60.